The minimum Gasteiger partial charge on any atom is -0.469 e. The topological polar surface area (TPSA) is 120 Å². The first-order valence-electron chi connectivity index (χ1n) is 8.96. The number of rotatable bonds is 4. The van der Waals surface area contributed by atoms with Crippen LogP contribution in [-0.2, 0) is 20.5 Å². The second-order valence-electron chi connectivity index (χ2n) is 6.87. The Balaban J connectivity index is 1.93. The third kappa shape index (κ3) is 4.87. The maximum Gasteiger partial charge on any atom is 0.416 e. The van der Waals surface area contributed by atoms with E-state index in [2.05, 4.69) is 15.4 Å². The highest BCUT2D eigenvalue weighted by Gasteiger charge is 2.32. The predicted molar refractivity (Wildman–Crippen MR) is 104 cm³/mol. The number of nitrogen functional groups attached to an aromatic ring is 1. The molecule has 2 aromatic rings. The van der Waals surface area contributed by atoms with Crippen LogP contribution in [0.2, 0.25) is 0 Å². The highest BCUT2D eigenvalue weighted by Crippen LogP contribution is 2.37. The molecule has 0 saturated carbocycles. The summed E-state index contributed by atoms with van der Waals surface area (Å²) in [6.45, 7) is 1.48. The van der Waals surface area contributed by atoms with E-state index in [4.69, 9.17) is 10.5 Å². The van der Waals surface area contributed by atoms with E-state index in [-0.39, 0.29) is 34.9 Å². The second kappa shape index (κ2) is 8.17. The molecule has 2 amide bonds. The Bertz CT molecular complexity index is 1070. The van der Waals surface area contributed by atoms with Crippen molar-refractivity contribution in [3.05, 3.63) is 47.0 Å². The molecule has 4 N–H and O–H groups in total. The number of alkyl halides is 3. The van der Waals surface area contributed by atoms with Gasteiger partial charge < -0.3 is 25.8 Å². The number of amides is 2. The number of carbonyl (C=O) groups is 3. The van der Waals surface area contributed by atoms with Crippen LogP contribution in [0.15, 0.2) is 30.3 Å². The number of benzene rings is 2. The Kier molecular flexibility index (Phi) is 5.78. The molecule has 2 aromatic carbocycles. The summed E-state index contributed by atoms with van der Waals surface area (Å²) in [5.74, 6) is -2.25. The van der Waals surface area contributed by atoms with Crippen molar-refractivity contribution < 1.29 is 37.0 Å². The third-order valence-corrected chi connectivity index (χ3v) is 4.48. The molecule has 0 aromatic heterocycles. The molecule has 11 heteroatoms. The molecular formula is C20H18F3N3O5. The van der Waals surface area contributed by atoms with Crippen LogP contribution in [0.4, 0.5) is 24.5 Å². The molecule has 0 unspecified atom stereocenters. The molecule has 0 bridgehead atoms. The number of halogens is 3. The first kappa shape index (κ1) is 21.9. The van der Waals surface area contributed by atoms with Crippen LogP contribution in [-0.4, -0.2) is 30.9 Å². The van der Waals surface area contributed by atoms with Crippen LogP contribution in [0.3, 0.4) is 0 Å². The number of aryl methyl sites for hydroxylation is 1. The smallest absolute Gasteiger partial charge is 0.416 e. The van der Waals surface area contributed by atoms with Gasteiger partial charge in [0.2, 0.25) is 5.91 Å². The highest BCUT2D eigenvalue weighted by atomic mass is 19.4. The number of ether oxygens (including phenoxy) is 2. The zero-order valence-corrected chi connectivity index (χ0v) is 16.4. The van der Waals surface area contributed by atoms with E-state index in [0.29, 0.717) is 5.56 Å². The van der Waals surface area contributed by atoms with Crippen molar-refractivity contribution in [1.82, 2.24) is 5.32 Å². The largest absolute Gasteiger partial charge is 0.469 e. The lowest BCUT2D eigenvalue weighted by Gasteiger charge is -2.15. The quantitative estimate of drug-likeness (QED) is 0.500. The van der Waals surface area contributed by atoms with Gasteiger partial charge in [-0.1, -0.05) is 0 Å². The first-order chi connectivity index (χ1) is 14.5. The Morgan fingerprint density at radius 3 is 2.52 bits per heavy atom. The van der Waals surface area contributed by atoms with Gasteiger partial charge in [-0.2, -0.15) is 13.2 Å². The van der Waals surface area contributed by atoms with Crippen molar-refractivity contribution >= 4 is 29.2 Å². The number of nitrogens with two attached hydrogens (primary N) is 1. The summed E-state index contributed by atoms with van der Waals surface area (Å²) in [5.41, 5.74) is 5.36. The van der Waals surface area contributed by atoms with Gasteiger partial charge in [0.25, 0.3) is 5.91 Å². The number of fused-ring (bicyclic) bond motifs is 1. The van der Waals surface area contributed by atoms with E-state index in [1.54, 1.807) is 0 Å². The summed E-state index contributed by atoms with van der Waals surface area (Å²) in [6.07, 6.45) is -4.95. The summed E-state index contributed by atoms with van der Waals surface area (Å²) in [5, 5.41) is 4.89. The summed E-state index contributed by atoms with van der Waals surface area (Å²) >= 11 is 0. The van der Waals surface area contributed by atoms with E-state index in [1.807, 2.05) is 0 Å². The number of hydrogen-bond acceptors (Lipinski definition) is 6. The number of methoxy groups -OCH3 is 1. The molecule has 31 heavy (non-hydrogen) atoms. The SMILES string of the molecule is COC(=O)C[C@@H]1NC(=O)c2cc(Oc3cc(C)cc(C(F)(F)F)c3)c(N)cc2NC1=O. The number of hydrogen-bond donors (Lipinski definition) is 3. The van der Waals surface area contributed by atoms with Crippen LogP contribution in [0, 0.1) is 6.92 Å². The molecule has 8 nitrogen and oxygen atoms in total. The molecule has 164 valence electrons. The molecule has 0 radical (unpaired) electrons. The zero-order valence-electron chi connectivity index (χ0n) is 16.4. The maximum atomic E-state index is 13.1. The van der Waals surface area contributed by atoms with Gasteiger partial charge in [0.05, 0.1) is 36.0 Å². The first-order valence-corrected chi connectivity index (χ1v) is 8.96. The molecule has 0 aliphatic carbocycles. The van der Waals surface area contributed by atoms with Crippen LogP contribution in [0.5, 0.6) is 11.5 Å². The predicted octanol–water partition coefficient (Wildman–Crippen LogP) is 3.00. The standard InChI is InChI=1S/C20H18F3N3O5/c1-9-3-10(20(21,22)23)5-11(4-9)31-16-6-12-14(7-13(16)24)25-19(29)15(26-18(12)28)8-17(27)30-2/h3-7,15H,8,24H2,1-2H3,(H,25,29)(H,26,28)/t15-/m0/s1. The molecule has 1 atom stereocenters. The Morgan fingerprint density at radius 1 is 1.16 bits per heavy atom. The fraction of sp³-hybridized carbons (Fsp3) is 0.250. The van der Waals surface area contributed by atoms with Crippen LogP contribution in [0.25, 0.3) is 0 Å². The van der Waals surface area contributed by atoms with Gasteiger partial charge in [0.15, 0.2) is 5.75 Å². The number of anilines is 2. The van der Waals surface area contributed by atoms with Gasteiger partial charge in [0, 0.05) is 0 Å². The van der Waals surface area contributed by atoms with Crippen molar-refractivity contribution in [1.29, 1.82) is 0 Å². The lowest BCUT2D eigenvalue weighted by Crippen LogP contribution is -2.42. The fourth-order valence-electron chi connectivity index (χ4n) is 2.99. The number of carbonyl (C=O) groups excluding carboxylic acids is 3. The van der Waals surface area contributed by atoms with Crippen molar-refractivity contribution in [3.8, 4) is 11.5 Å². The van der Waals surface area contributed by atoms with Crippen LogP contribution >= 0.6 is 0 Å². The van der Waals surface area contributed by atoms with Gasteiger partial charge in [0.1, 0.15) is 11.8 Å². The molecular weight excluding hydrogens is 419 g/mol. The highest BCUT2D eigenvalue weighted by molar-refractivity contribution is 6.11. The average molecular weight is 437 g/mol. The molecule has 0 spiro atoms. The van der Waals surface area contributed by atoms with E-state index in [1.165, 1.54) is 25.1 Å². The van der Waals surface area contributed by atoms with Crippen molar-refractivity contribution in [2.45, 2.75) is 25.6 Å². The van der Waals surface area contributed by atoms with Crippen LogP contribution in [0.1, 0.15) is 27.9 Å². The van der Waals surface area contributed by atoms with E-state index >= 15 is 0 Å². The third-order valence-electron chi connectivity index (χ3n) is 4.48. The lowest BCUT2D eigenvalue weighted by molar-refractivity contribution is -0.142. The van der Waals surface area contributed by atoms with Crippen molar-refractivity contribution in [3.63, 3.8) is 0 Å². The van der Waals surface area contributed by atoms with Crippen molar-refractivity contribution in [2.24, 2.45) is 0 Å². The van der Waals surface area contributed by atoms with Gasteiger partial charge in [-0.25, -0.2) is 0 Å². The average Bonchev–Trinajstić information content (AvgIpc) is 2.77. The van der Waals surface area contributed by atoms with E-state index < -0.39 is 35.6 Å². The number of nitrogens with one attached hydrogen (secondary N) is 2. The summed E-state index contributed by atoms with van der Waals surface area (Å²) < 4.78 is 49.2. The zero-order chi connectivity index (χ0) is 22.9. The van der Waals surface area contributed by atoms with E-state index in [9.17, 15) is 27.6 Å². The molecule has 0 saturated heterocycles. The summed E-state index contributed by atoms with van der Waals surface area (Å²) in [6, 6.07) is 4.45. The minimum atomic E-state index is -4.57. The Hall–Kier alpha value is -3.76. The van der Waals surface area contributed by atoms with Crippen molar-refractivity contribution in [2.75, 3.05) is 18.2 Å². The fourth-order valence-corrected chi connectivity index (χ4v) is 2.99. The molecule has 1 heterocycles. The van der Waals surface area contributed by atoms with E-state index in [0.717, 1.165) is 19.2 Å². The number of esters is 1. The maximum absolute atomic E-state index is 13.1. The van der Waals surface area contributed by atoms with Gasteiger partial charge in [-0.05, 0) is 42.8 Å². The monoisotopic (exact) mass is 437 g/mol. The molecule has 1 aliphatic rings. The molecule has 0 fully saturated rings. The molecule has 1 aliphatic heterocycles. The second-order valence-corrected chi connectivity index (χ2v) is 6.87. The Labute approximate surface area is 174 Å². The van der Waals surface area contributed by atoms with Gasteiger partial charge >= 0.3 is 12.1 Å². The molecule has 3 rings (SSSR count). The Morgan fingerprint density at radius 2 is 1.87 bits per heavy atom. The summed E-state index contributed by atoms with van der Waals surface area (Å²) in [7, 11) is 1.15. The lowest BCUT2D eigenvalue weighted by atomic mass is 10.1. The van der Waals surface area contributed by atoms with Gasteiger partial charge in [-0.15, -0.1) is 0 Å². The normalized spacial score (nSPS) is 16.0. The van der Waals surface area contributed by atoms with Crippen LogP contribution < -0.4 is 21.1 Å². The minimum absolute atomic E-state index is 0.0201. The van der Waals surface area contributed by atoms with Gasteiger partial charge in [-0.3, -0.25) is 14.4 Å². The summed E-state index contributed by atoms with van der Waals surface area (Å²) in [4.78, 5) is 36.4.